The molecule has 0 heterocycles. The quantitative estimate of drug-likeness (QED) is 0.626. The molecule has 1 aromatic rings. The summed E-state index contributed by atoms with van der Waals surface area (Å²) >= 11 is 11.7. The lowest BCUT2D eigenvalue weighted by Crippen LogP contribution is -1.74. The maximum Gasteiger partial charge on any atom is 0.0664 e. The third-order valence-corrected chi connectivity index (χ3v) is 2.23. The Morgan fingerprint density at radius 1 is 1.25 bits per heavy atom. The van der Waals surface area contributed by atoms with Crippen LogP contribution in [0.15, 0.2) is 36.9 Å². The van der Waals surface area contributed by atoms with Crippen LogP contribution in [0.5, 0.6) is 0 Å². The molecular formula is C10H8Cl2. The van der Waals surface area contributed by atoms with E-state index < -0.39 is 0 Å². The van der Waals surface area contributed by atoms with Crippen molar-refractivity contribution >= 4 is 29.3 Å². The van der Waals surface area contributed by atoms with Crippen molar-refractivity contribution in [3.05, 3.63) is 52.5 Å². The van der Waals surface area contributed by atoms with E-state index in [0.29, 0.717) is 10.0 Å². The topological polar surface area (TPSA) is 0 Å². The van der Waals surface area contributed by atoms with Gasteiger partial charge in [0.05, 0.1) is 10.0 Å². The molecule has 0 spiro atoms. The average Bonchev–Trinajstić information content (AvgIpc) is 2.08. The molecule has 62 valence electrons. The Morgan fingerprint density at radius 3 is 2.67 bits per heavy atom. The molecule has 0 N–H and O–H groups in total. The summed E-state index contributed by atoms with van der Waals surface area (Å²) in [4.78, 5) is 0. The van der Waals surface area contributed by atoms with Gasteiger partial charge in [-0.1, -0.05) is 60.1 Å². The summed E-state index contributed by atoms with van der Waals surface area (Å²) in [5, 5.41) is 1.15. The Bertz CT molecular complexity index is 314. The van der Waals surface area contributed by atoms with Crippen LogP contribution in [0.2, 0.25) is 10.0 Å². The highest BCUT2D eigenvalue weighted by atomic mass is 35.5. The van der Waals surface area contributed by atoms with Gasteiger partial charge in [-0.2, -0.15) is 0 Å². The fourth-order valence-electron chi connectivity index (χ4n) is 0.821. The van der Waals surface area contributed by atoms with Crippen LogP contribution in [0, 0.1) is 0 Å². The molecule has 12 heavy (non-hydrogen) atoms. The summed E-state index contributed by atoms with van der Waals surface area (Å²) in [5.41, 5.74) is 0.907. The van der Waals surface area contributed by atoms with E-state index in [1.165, 1.54) is 0 Å². The summed E-state index contributed by atoms with van der Waals surface area (Å²) in [7, 11) is 0. The maximum absolute atomic E-state index is 5.91. The fourth-order valence-corrected chi connectivity index (χ4v) is 1.19. The summed E-state index contributed by atoms with van der Waals surface area (Å²) < 4.78 is 0. The molecule has 0 bridgehead atoms. The van der Waals surface area contributed by atoms with E-state index in [1.807, 2.05) is 24.3 Å². The molecule has 0 aliphatic rings. The Morgan fingerprint density at radius 2 is 2.00 bits per heavy atom. The Labute approximate surface area is 82.1 Å². The van der Waals surface area contributed by atoms with Crippen LogP contribution in [0.25, 0.3) is 6.08 Å². The minimum atomic E-state index is 0.572. The highest BCUT2D eigenvalue weighted by Crippen LogP contribution is 2.26. The lowest BCUT2D eigenvalue weighted by molar-refractivity contribution is 1.65. The molecule has 1 rings (SSSR count). The van der Waals surface area contributed by atoms with E-state index in [-0.39, 0.29) is 0 Å². The zero-order valence-electron chi connectivity index (χ0n) is 6.43. The first-order valence-corrected chi connectivity index (χ1v) is 4.24. The van der Waals surface area contributed by atoms with Crippen molar-refractivity contribution in [1.29, 1.82) is 0 Å². The molecule has 0 fully saturated rings. The van der Waals surface area contributed by atoms with Crippen LogP contribution >= 0.6 is 23.2 Å². The average molecular weight is 199 g/mol. The first kappa shape index (κ1) is 9.37. The van der Waals surface area contributed by atoms with Crippen molar-refractivity contribution in [2.24, 2.45) is 0 Å². The molecule has 0 saturated heterocycles. The van der Waals surface area contributed by atoms with Gasteiger partial charge in [0.2, 0.25) is 0 Å². The van der Waals surface area contributed by atoms with E-state index in [9.17, 15) is 0 Å². The predicted molar refractivity (Wildman–Crippen MR) is 55.7 cm³/mol. The van der Waals surface area contributed by atoms with Crippen molar-refractivity contribution in [2.45, 2.75) is 0 Å². The Kier molecular flexibility index (Phi) is 3.39. The van der Waals surface area contributed by atoms with Crippen LogP contribution in [0.3, 0.4) is 0 Å². The van der Waals surface area contributed by atoms with Gasteiger partial charge >= 0.3 is 0 Å². The predicted octanol–water partition coefficient (Wildman–Crippen LogP) is 4.19. The third kappa shape index (κ3) is 2.13. The number of halogens is 2. The van der Waals surface area contributed by atoms with Gasteiger partial charge in [0.15, 0.2) is 0 Å². The first-order chi connectivity index (χ1) is 5.75. The lowest BCUT2D eigenvalue weighted by Gasteiger charge is -1.98. The van der Waals surface area contributed by atoms with E-state index in [2.05, 4.69) is 6.58 Å². The molecule has 0 radical (unpaired) electrons. The monoisotopic (exact) mass is 198 g/mol. The molecule has 0 nitrogen and oxygen atoms in total. The minimum absolute atomic E-state index is 0.572. The lowest BCUT2D eigenvalue weighted by atomic mass is 10.2. The van der Waals surface area contributed by atoms with Gasteiger partial charge in [0, 0.05) is 0 Å². The van der Waals surface area contributed by atoms with Crippen LogP contribution < -0.4 is 0 Å². The normalized spacial score (nSPS) is 10.5. The largest absolute Gasteiger partial charge is 0.0991 e. The molecular weight excluding hydrogens is 191 g/mol. The van der Waals surface area contributed by atoms with E-state index in [1.54, 1.807) is 12.1 Å². The number of benzene rings is 1. The van der Waals surface area contributed by atoms with E-state index >= 15 is 0 Å². The third-order valence-electron chi connectivity index (χ3n) is 1.39. The van der Waals surface area contributed by atoms with Gasteiger partial charge in [-0.25, -0.2) is 0 Å². The Balaban J connectivity index is 3.07. The first-order valence-electron chi connectivity index (χ1n) is 3.49. The molecule has 0 amide bonds. The Hall–Kier alpha value is -0.720. The van der Waals surface area contributed by atoms with Crippen molar-refractivity contribution < 1.29 is 0 Å². The second-order valence-corrected chi connectivity index (χ2v) is 3.02. The molecule has 1 aromatic carbocycles. The van der Waals surface area contributed by atoms with Gasteiger partial charge in [0.25, 0.3) is 0 Å². The van der Waals surface area contributed by atoms with Crippen LogP contribution in [0.4, 0.5) is 0 Å². The second-order valence-electron chi connectivity index (χ2n) is 2.24. The summed E-state index contributed by atoms with van der Waals surface area (Å²) in [6.45, 7) is 3.56. The van der Waals surface area contributed by atoms with E-state index in [0.717, 1.165) is 5.56 Å². The van der Waals surface area contributed by atoms with Gasteiger partial charge in [-0.3, -0.25) is 0 Å². The van der Waals surface area contributed by atoms with Crippen molar-refractivity contribution in [1.82, 2.24) is 0 Å². The van der Waals surface area contributed by atoms with Crippen LogP contribution in [-0.2, 0) is 0 Å². The summed E-state index contributed by atoms with van der Waals surface area (Å²) in [6, 6.07) is 5.51. The number of rotatable bonds is 2. The molecule has 0 aliphatic heterocycles. The highest BCUT2D eigenvalue weighted by Gasteiger charge is 1.99. The molecule has 0 saturated carbocycles. The highest BCUT2D eigenvalue weighted by molar-refractivity contribution is 6.42. The zero-order valence-corrected chi connectivity index (χ0v) is 7.94. The SMILES string of the molecule is C=C/C=C/c1cccc(Cl)c1Cl. The number of hydrogen-bond donors (Lipinski definition) is 0. The van der Waals surface area contributed by atoms with Gasteiger partial charge in [-0.15, -0.1) is 0 Å². The van der Waals surface area contributed by atoms with Crippen molar-refractivity contribution in [2.75, 3.05) is 0 Å². The molecule has 0 atom stereocenters. The maximum atomic E-state index is 5.91. The molecule has 2 heteroatoms. The summed E-state index contributed by atoms with van der Waals surface area (Å²) in [6.07, 6.45) is 5.37. The van der Waals surface area contributed by atoms with E-state index in [4.69, 9.17) is 23.2 Å². The zero-order chi connectivity index (χ0) is 8.97. The van der Waals surface area contributed by atoms with Gasteiger partial charge in [-0.05, 0) is 11.6 Å². The van der Waals surface area contributed by atoms with Crippen molar-refractivity contribution in [3.63, 3.8) is 0 Å². The molecule has 0 unspecified atom stereocenters. The molecule has 0 aliphatic carbocycles. The number of hydrogen-bond acceptors (Lipinski definition) is 0. The summed E-state index contributed by atoms with van der Waals surface area (Å²) in [5.74, 6) is 0. The van der Waals surface area contributed by atoms with Crippen molar-refractivity contribution in [3.8, 4) is 0 Å². The second kappa shape index (κ2) is 4.34. The van der Waals surface area contributed by atoms with Gasteiger partial charge < -0.3 is 0 Å². The van der Waals surface area contributed by atoms with Gasteiger partial charge in [0.1, 0.15) is 0 Å². The minimum Gasteiger partial charge on any atom is -0.0991 e. The molecule has 0 aromatic heterocycles. The van der Waals surface area contributed by atoms with Crippen LogP contribution in [0.1, 0.15) is 5.56 Å². The number of allylic oxidation sites excluding steroid dienone is 2. The standard InChI is InChI=1S/C10H8Cl2/c1-2-3-5-8-6-4-7-9(11)10(8)12/h2-7H,1H2/b5-3+. The smallest absolute Gasteiger partial charge is 0.0664 e. The van der Waals surface area contributed by atoms with Crippen LogP contribution in [-0.4, -0.2) is 0 Å². The fraction of sp³-hybridized carbons (Fsp3) is 0.